The number of aromatic nitrogens is 2. The number of hydrogen-bond donors (Lipinski definition) is 0. The molecule has 0 fully saturated rings. The molecule has 4 aromatic rings. The Kier molecular flexibility index (Phi) is 10.0. The number of halogens is 2. The third kappa shape index (κ3) is 7.91. The maximum atomic E-state index is 2.40. The zero-order valence-corrected chi connectivity index (χ0v) is 22.9. The molecule has 1 heterocycles. The van der Waals surface area contributed by atoms with Crippen molar-refractivity contribution in [2.24, 2.45) is 0 Å². The van der Waals surface area contributed by atoms with Crippen LogP contribution in [0.1, 0.15) is 16.7 Å². The van der Waals surface area contributed by atoms with Crippen LogP contribution in [0.4, 0.5) is 0 Å². The van der Waals surface area contributed by atoms with Crippen LogP contribution in [0.2, 0.25) is 0 Å². The van der Waals surface area contributed by atoms with Crippen molar-refractivity contribution in [3.8, 4) is 0 Å². The van der Waals surface area contributed by atoms with Gasteiger partial charge in [-0.15, -0.1) is 0 Å². The zero-order valence-electron chi connectivity index (χ0n) is 16.4. The molecule has 0 saturated heterocycles. The molecule has 0 bridgehead atoms. The van der Waals surface area contributed by atoms with Crippen molar-refractivity contribution in [1.29, 1.82) is 0 Å². The second-order valence-corrected chi connectivity index (χ2v) is 11.9. The van der Waals surface area contributed by atoms with Crippen molar-refractivity contribution >= 4 is 45.7 Å². The van der Waals surface area contributed by atoms with E-state index in [2.05, 4.69) is 173 Å². The molecule has 30 heavy (non-hydrogen) atoms. The number of hydrogen-bond acceptors (Lipinski definition) is 1. The van der Waals surface area contributed by atoms with E-state index in [1.807, 2.05) is 6.07 Å². The Labute approximate surface area is 217 Å². The normalized spacial score (nSPS) is 10.6. The van der Waals surface area contributed by atoms with Crippen LogP contribution in [0.25, 0.3) is 0 Å². The first-order valence-electron chi connectivity index (χ1n) is 9.53. The summed E-state index contributed by atoms with van der Waals surface area (Å²) in [5, 5.41) is 0. The molecule has 0 atom stereocenters. The summed E-state index contributed by atoms with van der Waals surface area (Å²) in [4.78, 5) is 0. The quantitative estimate of drug-likeness (QED) is 0.157. The molecule has 0 aliphatic carbocycles. The number of imidazole rings is 1. The Bertz CT molecular complexity index is 1000. The van der Waals surface area contributed by atoms with E-state index in [0.717, 1.165) is 19.6 Å². The molecule has 0 radical (unpaired) electrons. The molecular formula is C24H23I2N3Pt. The fourth-order valence-corrected chi connectivity index (χ4v) is 4.43. The van der Waals surface area contributed by atoms with Crippen LogP contribution in [0, 0.1) is 3.80 Å². The molecule has 158 valence electrons. The molecule has 0 unspecified atom stereocenters. The molecule has 0 N–H and O–H groups in total. The van der Waals surface area contributed by atoms with Crippen molar-refractivity contribution in [2.45, 2.75) is 19.6 Å². The summed E-state index contributed by atoms with van der Waals surface area (Å²) in [6, 6.07) is 31.5. The van der Waals surface area contributed by atoms with E-state index in [9.17, 15) is 0 Å². The van der Waals surface area contributed by atoms with Crippen molar-refractivity contribution in [1.82, 2.24) is 10.5 Å². The van der Waals surface area contributed by atoms with Crippen LogP contribution in [0.5, 0.6) is 0 Å². The first kappa shape index (κ1) is 23.6. The summed E-state index contributed by atoms with van der Waals surface area (Å²) in [5.74, 6) is 0. The van der Waals surface area contributed by atoms with Gasteiger partial charge in [-0.25, -0.2) is 0 Å². The monoisotopic (exact) mass is 802 g/mol. The van der Waals surface area contributed by atoms with Crippen molar-refractivity contribution in [2.75, 3.05) is 0 Å². The zero-order chi connectivity index (χ0) is 21.2. The van der Waals surface area contributed by atoms with Gasteiger partial charge < -0.3 is 0 Å². The van der Waals surface area contributed by atoms with Crippen molar-refractivity contribution in [3.05, 3.63) is 124 Å². The van der Waals surface area contributed by atoms with Gasteiger partial charge in [0, 0.05) is 52.3 Å². The van der Waals surface area contributed by atoms with Crippen LogP contribution in [0.15, 0.2) is 103 Å². The Morgan fingerprint density at radius 3 is 1.33 bits per heavy atom. The summed E-state index contributed by atoms with van der Waals surface area (Å²) < 4.78 is 7.91. The Hall–Kier alpha value is -1.02. The molecule has 0 saturated carbocycles. The Morgan fingerprint density at radius 1 is 0.600 bits per heavy atom. The molecule has 3 nitrogen and oxygen atoms in total. The van der Waals surface area contributed by atoms with E-state index in [0.29, 0.717) is 0 Å². The first-order valence-corrected chi connectivity index (χ1v) is 12.6. The molecule has 6 heteroatoms. The molecule has 0 spiro atoms. The SMILES string of the molecule is IN(I)Cc1ccccc1.[Pt]=[c]1n(Cc2ccccc2)ccn1Cc1ccccc1. The average Bonchev–Trinajstić information content (AvgIpc) is 3.10. The van der Waals surface area contributed by atoms with E-state index >= 15 is 0 Å². The van der Waals surface area contributed by atoms with E-state index in [4.69, 9.17) is 0 Å². The summed E-state index contributed by atoms with van der Waals surface area (Å²) >= 11 is 6.93. The molecular weight excluding hydrogens is 779 g/mol. The number of benzene rings is 3. The van der Waals surface area contributed by atoms with Crippen LogP contribution in [0.3, 0.4) is 0 Å². The predicted molar refractivity (Wildman–Crippen MR) is 137 cm³/mol. The van der Waals surface area contributed by atoms with Gasteiger partial charge in [-0.05, 0) is 5.56 Å². The van der Waals surface area contributed by atoms with Crippen LogP contribution in [-0.4, -0.2) is 10.5 Å². The predicted octanol–water partition coefficient (Wildman–Crippen LogP) is 6.65. The van der Waals surface area contributed by atoms with Crippen molar-refractivity contribution < 1.29 is 19.4 Å². The van der Waals surface area contributed by atoms with Crippen molar-refractivity contribution in [3.63, 3.8) is 0 Å². The molecule has 0 amide bonds. The summed E-state index contributed by atoms with van der Waals surface area (Å²) in [6.45, 7) is 2.84. The third-order valence-corrected chi connectivity index (χ3v) is 6.39. The van der Waals surface area contributed by atoms with E-state index in [1.54, 1.807) is 0 Å². The molecule has 4 rings (SSSR count). The summed E-state index contributed by atoms with van der Waals surface area (Å²) in [5.41, 5.74) is 4.01. The Balaban J connectivity index is 0.000000216. The van der Waals surface area contributed by atoms with Gasteiger partial charge in [-0.3, -0.25) is 0 Å². The topological polar surface area (TPSA) is 13.1 Å². The summed E-state index contributed by atoms with van der Waals surface area (Å²) in [7, 11) is 0. The maximum absolute atomic E-state index is 2.40. The first-order chi connectivity index (χ1) is 14.6. The minimum absolute atomic E-state index is 0.918. The standard InChI is InChI=1S/C17H16N2.C7H7I2N.Pt/c1-3-7-16(8-4-1)13-18-11-12-19(15-18)14-17-9-5-2-6-10-17;8-10(9)6-7-4-2-1-3-5-7;/h1-12H,13-14H2;1-5H,6H2;. The van der Waals surface area contributed by atoms with Gasteiger partial charge >= 0.3 is 130 Å². The van der Waals surface area contributed by atoms with E-state index in [-0.39, 0.29) is 0 Å². The van der Waals surface area contributed by atoms with Crippen LogP contribution >= 0.6 is 45.7 Å². The van der Waals surface area contributed by atoms with E-state index < -0.39 is 0 Å². The van der Waals surface area contributed by atoms with Gasteiger partial charge in [0.15, 0.2) is 0 Å². The minimum atomic E-state index is 0.918. The third-order valence-electron chi connectivity index (χ3n) is 4.40. The van der Waals surface area contributed by atoms with Gasteiger partial charge in [-0.2, -0.15) is 1.33 Å². The Morgan fingerprint density at radius 2 is 0.967 bits per heavy atom. The second kappa shape index (κ2) is 12.7. The summed E-state index contributed by atoms with van der Waals surface area (Å²) in [6.07, 6.45) is 4.30. The van der Waals surface area contributed by atoms with Gasteiger partial charge in [-0.1, -0.05) is 30.3 Å². The van der Waals surface area contributed by atoms with Gasteiger partial charge in [0.1, 0.15) is 0 Å². The van der Waals surface area contributed by atoms with Crippen LogP contribution < -0.4 is 0 Å². The number of rotatable bonds is 6. The fraction of sp³-hybridized carbons (Fsp3) is 0.125. The molecule has 0 aliphatic heterocycles. The molecule has 0 aliphatic rings. The fourth-order valence-electron chi connectivity index (χ4n) is 2.95. The van der Waals surface area contributed by atoms with Crippen LogP contribution in [-0.2, 0) is 39.0 Å². The van der Waals surface area contributed by atoms with Gasteiger partial charge in [0.25, 0.3) is 0 Å². The second-order valence-electron chi connectivity index (χ2n) is 6.71. The average molecular weight is 802 g/mol. The molecule has 3 aromatic carbocycles. The van der Waals surface area contributed by atoms with Gasteiger partial charge in [0.2, 0.25) is 0 Å². The molecule has 1 aromatic heterocycles. The van der Waals surface area contributed by atoms with Gasteiger partial charge in [0.05, 0.1) is 0 Å². The number of nitrogens with zero attached hydrogens (tertiary/aromatic N) is 3. The van der Waals surface area contributed by atoms with E-state index in [1.165, 1.54) is 20.5 Å².